The lowest BCUT2D eigenvalue weighted by Crippen LogP contribution is -2.18. The van der Waals surface area contributed by atoms with Gasteiger partial charge in [-0.2, -0.15) is 0 Å². The SMILES string of the molecule is Cc1ccc(C2CCCCC2Br)c(C)c1. The maximum absolute atomic E-state index is 3.84. The van der Waals surface area contributed by atoms with Gasteiger partial charge in [-0.05, 0) is 43.7 Å². The van der Waals surface area contributed by atoms with Gasteiger partial charge in [-0.3, -0.25) is 0 Å². The van der Waals surface area contributed by atoms with Crippen LogP contribution in [0.4, 0.5) is 0 Å². The van der Waals surface area contributed by atoms with E-state index >= 15 is 0 Å². The summed E-state index contributed by atoms with van der Waals surface area (Å²) >= 11 is 3.84. The Hall–Kier alpha value is -0.300. The Kier molecular flexibility index (Phi) is 3.50. The van der Waals surface area contributed by atoms with Crippen molar-refractivity contribution in [2.24, 2.45) is 0 Å². The van der Waals surface area contributed by atoms with Gasteiger partial charge in [-0.25, -0.2) is 0 Å². The van der Waals surface area contributed by atoms with Crippen LogP contribution in [0.15, 0.2) is 18.2 Å². The van der Waals surface area contributed by atoms with Crippen LogP contribution in [0.2, 0.25) is 0 Å². The number of alkyl halides is 1. The molecule has 0 aromatic heterocycles. The van der Waals surface area contributed by atoms with Crippen molar-refractivity contribution in [3.05, 3.63) is 34.9 Å². The molecule has 1 aliphatic rings. The van der Waals surface area contributed by atoms with Gasteiger partial charge < -0.3 is 0 Å². The van der Waals surface area contributed by atoms with Crippen LogP contribution in [0.1, 0.15) is 48.3 Å². The average Bonchev–Trinajstić information content (AvgIpc) is 2.20. The molecule has 1 saturated carbocycles. The topological polar surface area (TPSA) is 0 Å². The highest BCUT2D eigenvalue weighted by Gasteiger charge is 2.25. The van der Waals surface area contributed by atoms with E-state index in [0.717, 1.165) is 5.92 Å². The van der Waals surface area contributed by atoms with E-state index in [-0.39, 0.29) is 0 Å². The predicted octanol–water partition coefficient (Wildman–Crippen LogP) is 4.72. The van der Waals surface area contributed by atoms with Gasteiger partial charge in [-0.1, -0.05) is 52.5 Å². The molecule has 0 spiro atoms. The third-order valence-electron chi connectivity index (χ3n) is 3.51. The molecule has 0 nitrogen and oxygen atoms in total. The van der Waals surface area contributed by atoms with Gasteiger partial charge in [0.15, 0.2) is 0 Å². The average molecular weight is 267 g/mol. The Balaban J connectivity index is 2.27. The molecule has 1 fully saturated rings. The number of aryl methyl sites for hydroxylation is 2. The smallest absolute Gasteiger partial charge is 0.0214 e. The maximum Gasteiger partial charge on any atom is 0.0214 e. The minimum absolute atomic E-state index is 0.688. The first-order valence-corrected chi connectivity index (χ1v) is 6.81. The summed E-state index contributed by atoms with van der Waals surface area (Å²) in [6, 6.07) is 6.88. The van der Waals surface area contributed by atoms with Crippen LogP contribution in [-0.2, 0) is 0 Å². The van der Waals surface area contributed by atoms with Crippen molar-refractivity contribution >= 4 is 15.9 Å². The highest BCUT2D eigenvalue weighted by molar-refractivity contribution is 9.09. The molecule has 15 heavy (non-hydrogen) atoms. The summed E-state index contributed by atoms with van der Waals surface area (Å²) in [7, 11) is 0. The summed E-state index contributed by atoms with van der Waals surface area (Å²) in [5.74, 6) is 0.736. The summed E-state index contributed by atoms with van der Waals surface area (Å²) in [5, 5.41) is 0. The quantitative estimate of drug-likeness (QED) is 0.645. The number of benzene rings is 1. The molecule has 1 aromatic carbocycles. The van der Waals surface area contributed by atoms with E-state index < -0.39 is 0 Å². The molecule has 2 unspecified atom stereocenters. The Labute approximate surface area is 101 Å². The van der Waals surface area contributed by atoms with Crippen LogP contribution in [0.5, 0.6) is 0 Å². The second-order valence-corrected chi connectivity index (χ2v) is 5.94. The van der Waals surface area contributed by atoms with Gasteiger partial charge in [0.2, 0.25) is 0 Å². The molecule has 0 bridgehead atoms. The Morgan fingerprint density at radius 1 is 1.13 bits per heavy atom. The van der Waals surface area contributed by atoms with Crippen LogP contribution in [0, 0.1) is 13.8 Å². The van der Waals surface area contributed by atoms with Crippen LogP contribution in [-0.4, -0.2) is 4.83 Å². The van der Waals surface area contributed by atoms with E-state index in [4.69, 9.17) is 0 Å². The van der Waals surface area contributed by atoms with E-state index in [0.29, 0.717) is 4.83 Å². The molecule has 1 aliphatic carbocycles. The highest BCUT2D eigenvalue weighted by atomic mass is 79.9. The molecule has 2 atom stereocenters. The molecule has 0 N–H and O–H groups in total. The summed E-state index contributed by atoms with van der Waals surface area (Å²) in [6.45, 7) is 4.42. The Bertz CT molecular complexity index is 343. The van der Waals surface area contributed by atoms with Gasteiger partial charge in [0.25, 0.3) is 0 Å². The molecule has 2 rings (SSSR count). The fourth-order valence-electron chi connectivity index (χ4n) is 2.68. The molecule has 0 saturated heterocycles. The number of hydrogen-bond donors (Lipinski definition) is 0. The molecular weight excluding hydrogens is 248 g/mol. The zero-order valence-corrected chi connectivity index (χ0v) is 11.2. The third-order valence-corrected chi connectivity index (χ3v) is 4.60. The van der Waals surface area contributed by atoms with Gasteiger partial charge >= 0.3 is 0 Å². The third kappa shape index (κ3) is 2.44. The van der Waals surface area contributed by atoms with Crippen LogP contribution >= 0.6 is 15.9 Å². The molecule has 1 heteroatoms. The monoisotopic (exact) mass is 266 g/mol. The maximum atomic E-state index is 3.84. The van der Waals surface area contributed by atoms with E-state index in [1.165, 1.54) is 36.8 Å². The molecule has 0 radical (unpaired) electrons. The van der Waals surface area contributed by atoms with Crippen molar-refractivity contribution in [2.45, 2.75) is 50.3 Å². The fraction of sp³-hybridized carbons (Fsp3) is 0.571. The molecule has 82 valence electrons. The van der Waals surface area contributed by atoms with Crippen molar-refractivity contribution in [1.29, 1.82) is 0 Å². The van der Waals surface area contributed by atoms with Crippen LogP contribution in [0.25, 0.3) is 0 Å². The van der Waals surface area contributed by atoms with E-state index in [1.807, 2.05) is 0 Å². The summed E-state index contributed by atoms with van der Waals surface area (Å²) in [5.41, 5.74) is 4.40. The first-order valence-electron chi connectivity index (χ1n) is 5.89. The molecule has 1 aromatic rings. The summed E-state index contributed by atoms with van der Waals surface area (Å²) < 4.78 is 0. The second-order valence-electron chi connectivity index (χ2n) is 4.77. The summed E-state index contributed by atoms with van der Waals surface area (Å²) in [4.78, 5) is 0.688. The first kappa shape index (κ1) is 11.2. The molecule has 0 aliphatic heterocycles. The van der Waals surface area contributed by atoms with Crippen molar-refractivity contribution in [3.8, 4) is 0 Å². The normalized spacial score (nSPS) is 26.6. The van der Waals surface area contributed by atoms with Gasteiger partial charge in [0.1, 0.15) is 0 Å². The highest BCUT2D eigenvalue weighted by Crippen LogP contribution is 2.38. The van der Waals surface area contributed by atoms with Crippen LogP contribution in [0.3, 0.4) is 0 Å². The minimum atomic E-state index is 0.688. The number of rotatable bonds is 1. The van der Waals surface area contributed by atoms with E-state index in [1.54, 1.807) is 5.56 Å². The number of halogens is 1. The Morgan fingerprint density at radius 2 is 1.87 bits per heavy atom. The molecule has 0 amide bonds. The van der Waals surface area contributed by atoms with Gasteiger partial charge in [0, 0.05) is 4.83 Å². The van der Waals surface area contributed by atoms with Crippen molar-refractivity contribution in [3.63, 3.8) is 0 Å². The molecule has 0 heterocycles. The lowest BCUT2D eigenvalue weighted by atomic mass is 9.82. The van der Waals surface area contributed by atoms with E-state index in [2.05, 4.69) is 48.0 Å². The van der Waals surface area contributed by atoms with Crippen molar-refractivity contribution in [1.82, 2.24) is 0 Å². The van der Waals surface area contributed by atoms with Crippen LogP contribution < -0.4 is 0 Å². The molecular formula is C14H19Br. The first-order chi connectivity index (χ1) is 7.18. The lowest BCUT2D eigenvalue weighted by molar-refractivity contribution is 0.459. The largest absolute Gasteiger partial charge is 0.0884 e. The fourth-order valence-corrected chi connectivity index (χ4v) is 3.55. The minimum Gasteiger partial charge on any atom is -0.0884 e. The van der Waals surface area contributed by atoms with E-state index in [9.17, 15) is 0 Å². The van der Waals surface area contributed by atoms with Crippen molar-refractivity contribution < 1.29 is 0 Å². The lowest BCUT2D eigenvalue weighted by Gasteiger charge is -2.29. The predicted molar refractivity (Wildman–Crippen MR) is 69.8 cm³/mol. The zero-order valence-electron chi connectivity index (χ0n) is 9.59. The van der Waals surface area contributed by atoms with Crippen molar-refractivity contribution in [2.75, 3.05) is 0 Å². The van der Waals surface area contributed by atoms with Gasteiger partial charge in [0.05, 0.1) is 0 Å². The summed E-state index contributed by atoms with van der Waals surface area (Å²) in [6.07, 6.45) is 5.45. The standard InChI is InChI=1S/C14H19Br/c1-10-7-8-12(11(2)9-10)13-5-3-4-6-14(13)15/h7-9,13-14H,3-6H2,1-2H3. The number of hydrogen-bond acceptors (Lipinski definition) is 0. The zero-order chi connectivity index (χ0) is 10.8. The second kappa shape index (κ2) is 4.69. The Morgan fingerprint density at radius 3 is 2.53 bits per heavy atom. The van der Waals surface area contributed by atoms with Gasteiger partial charge in [-0.15, -0.1) is 0 Å².